The largest absolute Gasteiger partial charge is 0.310 e. The van der Waals surface area contributed by atoms with Crippen LogP contribution in [0.4, 0.5) is 0 Å². The Morgan fingerprint density at radius 2 is 1.85 bits per heavy atom. The molecule has 0 bridgehead atoms. The van der Waals surface area contributed by atoms with E-state index in [1.807, 2.05) is 12.1 Å². The van der Waals surface area contributed by atoms with Crippen LogP contribution >= 0.6 is 27.5 Å². The predicted molar refractivity (Wildman–Crippen MR) is 93.6 cm³/mol. The van der Waals surface area contributed by atoms with Crippen molar-refractivity contribution in [1.29, 1.82) is 0 Å². The van der Waals surface area contributed by atoms with E-state index in [0.717, 1.165) is 22.5 Å². The summed E-state index contributed by atoms with van der Waals surface area (Å²) in [7, 11) is 0. The molecule has 0 aliphatic carbocycles. The van der Waals surface area contributed by atoms with Crippen molar-refractivity contribution in [2.45, 2.75) is 64.8 Å². The summed E-state index contributed by atoms with van der Waals surface area (Å²) in [5.41, 5.74) is 1.33. The molecule has 3 heteroatoms. The van der Waals surface area contributed by atoms with E-state index in [-0.39, 0.29) is 0 Å². The highest BCUT2D eigenvalue weighted by Gasteiger charge is 2.13. The molecule has 0 saturated heterocycles. The Morgan fingerprint density at radius 3 is 2.50 bits per heavy atom. The maximum Gasteiger partial charge on any atom is 0.0417 e. The highest BCUT2D eigenvalue weighted by molar-refractivity contribution is 9.10. The van der Waals surface area contributed by atoms with Gasteiger partial charge in [0.1, 0.15) is 0 Å². The van der Waals surface area contributed by atoms with Crippen LogP contribution in [-0.4, -0.2) is 6.54 Å². The Hall–Kier alpha value is -0.0500. The van der Waals surface area contributed by atoms with Gasteiger partial charge < -0.3 is 5.32 Å². The van der Waals surface area contributed by atoms with Crippen LogP contribution in [0.15, 0.2) is 22.7 Å². The molecule has 0 spiro atoms. The second-order valence-electron chi connectivity index (χ2n) is 5.38. The van der Waals surface area contributed by atoms with Crippen LogP contribution in [-0.2, 0) is 0 Å². The number of halogens is 2. The topological polar surface area (TPSA) is 12.0 Å². The number of rotatable bonds is 10. The van der Waals surface area contributed by atoms with Crippen LogP contribution in [0, 0.1) is 0 Å². The van der Waals surface area contributed by atoms with Crippen molar-refractivity contribution in [3.8, 4) is 0 Å². The molecule has 0 fully saturated rings. The Bertz CT molecular complexity index is 381. The first-order chi connectivity index (χ1) is 9.69. The maximum atomic E-state index is 6.04. The van der Waals surface area contributed by atoms with Gasteiger partial charge in [-0.3, -0.25) is 0 Å². The lowest BCUT2D eigenvalue weighted by atomic mass is 9.99. The van der Waals surface area contributed by atoms with E-state index >= 15 is 0 Å². The molecular formula is C17H27BrClN. The highest BCUT2D eigenvalue weighted by atomic mass is 79.9. The molecule has 0 aliphatic rings. The molecule has 0 aromatic heterocycles. The van der Waals surface area contributed by atoms with Gasteiger partial charge in [-0.25, -0.2) is 0 Å². The van der Waals surface area contributed by atoms with Crippen molar-refractivity contribution < 1.29 is 0 Å². The molecule has 1 atom stereocenters. The highest BCUT2D eigenvalue weighted by Crippen LogP contribution is 2.29. The Labute approximate surface area is 137 Å². The predicted octanol–water partition coefficient (Wildman–Crippen LogP) is 6.50. The van der Waals surface area contributed by atoms with Crippen LogP contribution in [0.5, 0.6) is 0 Å². The minimum Gasteiger partial charge on any atom is -0.310 e. The molecule has 114 valence electrons. The third-order valence-corrected chi connectivity index (χ3v) is 4.50. The first kappa shape index (κ1) is 18.0. The van der Waals surface area contributed by atoms with E-state index in [1.165, 1.54) is 44.1 Å². The molecule has 1 N–H and O–H groups in total. The fourth-order valence-corrected chi connectivity index (χ4v) is 3.38. The van der Waals surface area contributed by atoms with Crippen LogP contribution < -0.4 is 5.32 Å². The zero-order chi connectivity index (χ0) is 14.8. The quantitative estimate of drug-likeness (QED) is 0.469. The summed E-state index contributed by atoms with van der Waals surface area (Å²) in [5, 5.41) is 4.45. The second-order valence-corrected chi connectivity index (χ2v) is 6.67. The summed E-state index contributed by atoms with van der Waals surface area (Å²) in [6, 6.07) is 6.56. The molecule has 1 unspecified atom stereocenters. The number of hydrogen-bond acceptors (Lipinski definition) is 1. The number of hydrogen-bond donors (Lipinski definition) is 1. The standard InChI is InChI=1S/C17H27BrClN/c1-3-5-6-7-8-9-17(20-12-4-2)15-11-10-14(19)13-16(15)18/h10-11,13,17,20H,3-9,12H2,1-2H3. The van der Waals surface area contributed by atoms with Gasteiger partial charge in [-0.05, 0) is 37.1 Å². The van der Waals surface area contributed by atoms with Crippen molar-refractivity contribution in [2.75, 3.05) is 6.54 Å². The zero-order valence-electron chi connectivity index (χ0n) is 12.7. The molecule has 0 radical (unpaired) electrons. The molecule has 1 rings (SSSR count). The van der Waals surface area contributed by atoms with E-state index < -0.39 is 0 Å². The van der Waals surface area contributed by atoms with Crippen molar-refractivity contribution in [1.82, 2.24) is 5.32 Å². The lowest BCUT2D eigenvalue weighted by Gasteiger charge is -2.20. The lowest BCUT2D eigenvalue weighted by molar-refractivity contribution is 0.467. The zero-order valence-corrected chi connectivity index (χ0v) is 15.1. The van der Waals surface area contributed by atoms with Gasteiger partial charge in [-0.15, -0.1) is 0 Å². The summed E-state index contributed by atoms with van der Waals surface area (Å²) in [4.78, 5) is 0. The van der Waals surface area contributed by atoms with Crippen LogP contribution in [0.3, 0.4) is 0 Å². The molecular weight excluding hydrogens is 334 g/mol. The number of nitrogens with one attached hydrogen (secondary N) is 1. The molecule has 0 saturated carbocycles. The Balaban J connectivity index is 2.58. The average molecular weight is 361 g/mol. The summed E-state index contributed by atoms with van der Waals surface area (Å²) in [6.07, 6.45) is 9.01. The van der Waals surface area contributed by atoms with Gasteiger partial charge in [0.25, 0.3) is 0 Å². The first-order valence-electron chi connectivity index (χ1n) is 7.87. The first-order valence-corrected chi connectivity index (χ1v) is 9.04. The van der Waals surface area contributed by atoms with Crippen molar-refractivity contribution in [3.05, 3.63) is 33.3 Å². The molecule has 0 aliphatic heterocycles. The summed E-state index contributed by atoms with van der Waals surface area (Å²) >= 11 is 9.69. The van der Waals surface area contributed by atoms with Crippen LogP contribution in [0.25, 0.3) is 0 Å². The van der Waals surface area contributed by atoms with Gasteiger partial charge in [0.2, 0.25) is 0 Å². The van der Waals surface area contributed by atoms with Gasteiger partial charge in [0.15, 0.2) is 0 Å². The van der Waals surface area contributed by atoms with Crippen molar-refractivity contribution in [3.63, 3.8) is 0 Å². The van der Waals surface area contributed by atoms with Crippen molar-refractivity contribution >= 4 is 27.5 Å². The number of benzene rings is 1. The summed E-state index contributed by atoms with van der Waals surface area (Å²) in [6.45, 7) is 5.54. The van der Waals surface area contributed by atoms with E-state index in [2.05, 4.69) is 41.2 Å². The molecule has 1 nitrogen and oxygen atoms in total. The van der Waals surface area contributed by atoms with Gasteiger partial charge >= 0.3 is 0 Å². The van der Waals surface area contributed by atoms with E-state index in [1.54, 1.807) is 0 Å². The second kappa shape index (κ2) is 10.6. The minimum absolute atomic E-state index is 0.434. The van der Waals surface area contributed by atoms with E-state index in [0.29, 0.717) is 6.04 Å². The smallest absolute Gasteiger partial charge is 0.0417 e. The molecule has 0 amide bonds. The fourth-order valence-electron chi connectivity index (χ4n) is 2.42. The summed E-state index contributed by atoms with van der Waals surface area (Å²) < 4.78 is 1.12. The Kier molecular flexibility index (Phi) is 9.58. The third-order valence-electron chi connectivity index (χ3n) is 3.58. The number of unbranched alkanes of at least 4 members (excludes halogenated alkanes) is 4. The third kappa shape index (κ3) is 6.60. The van der Waals surface area contributed by atoms with Gasteiger partial charge in [-0.1, -0.05) is 79.5 Å². The van der Waals surface area contributed by atoms with Gasteiger partial charge in [0, 0.05) is 15.5 Å². The van der Waals surface area contributed by atoms with Gasteiger partial charge in [-0.2, -0.15) is 0 Å². The van der Waals surface area contributed by atoms with Gasteiger partial charge in [0.05, 0.1) is 0 Å². The Morgan fingerprint density at radius 1 is 1.10 bits per heavy atom. The van der Waals surface area contributed by atoms with Crippen LogP contribution in [0.1, 0.15) is 70.4 Å². The van der Waals surface area contributed by atoms with Crippen LogP contribution in [0.2, 0.25) is 5.02 Å². The normalized spacial score (nSPS) is 12.6. The minimum atomic E-state index is 0.434. The van der Waals surface area contributed by atoms with E-state index in [4.69, 9.17) is 11.6 Å². The fraction of sp³-hybridized carbons (Fsp3) is 0.647. The monoisotopic (exact) mass is 359 g/mol. The summed E-state index contributed by atoms with van der Waals surface area (Å²) in [5.74, 6) is 0. The maximum absolute atomic E-state index is 6.04. The average Bonchev–Trinajstić information content (AvgIpc) is 2.43. The lowest BCUT2D eigenvalue weighted by Crippen LogP contribution is -2.22. The molecule has 20 heavy (non-hydrogen) atoms. The molecule has 1 aromatic carbocycles. The SMILES string of the molecule is CCCCCCCC(NCCC)c1ccc(Cl)cc1Br. The van der Waals surface area contributed by atoms with E-state index in [9.17, 15) is 0 Å². The van der Waals surface area contributed by atoms with Crippen molar-refractivity contribution in [2.24, 2.45) is 0 Å². The molecule has 1 aromatic rings. The molecule has 0 heterocycles.